The third-order valence-corrected chi connectivity index (χ3v) is 11.9. The van der Waals surface area contributed by atoms with Gasteiger partial charge in [0.1, 0.15) is 24.4 Å². The van der Waals surface area contributed by atoms with Gasteiger partial charge in [-0.1, -0.05) is 48.5 Å². The van der Waals surface area contributed by atoms with E-state index < -0.39 is 6.29 Å². The molecule has 1 fully saturated rings. The van der Waals surface area contributed by atoms with Gasteiger partial charge in [0.2, 0.25) is 0 Å². The Labute approximate surface area is 295 Å². The molecule has 1 rings (SSSR count). The smallest absolute Gasteiger partial charge is 0.186 e. The maximum absolute atomic E-state index is 6.75. The Hall–Kier alpha value is 1.16. The molecule has 0 radical (unpaired) electrons. The summed E-state index contributed by atoms with van der Waals surface area (Å²) in [4.78, 5) is 0. The van der Waals surface area contributed by atoms with Crippen LogP contribution in [0.25, 0.3) is 0 Å². The normalized spacial score (nSPS) is 22.3. The molecule has 1 aliphatic heterocycles. The zero-order valence-corrected chi connectivity index (χ0v) is 33.3. The quantitative estimate of drug-likeness (QED) is 0.0651. The van der Waals surface area contributed by atoms with Gasteiger partial charge < -0.3 is 28.4 Å². The highest BCUT2D eigenvalue weighted by Crippen LogP contribution is 2.31. The Morgan fingerprint density at radius 3 is 1.38 bits per heavy atom. The predicted octanol–water partition coefficient (Wildman–Crippen LogP) is 9.08. The van der Waals surface area contributed by atoms with Gasteiger partial charge in [0, 0.05) is 26.4 Å². The molecule has 0 amide bonds. The van der Waals surface area contributed by atoms with Crippen LogP contribution in [0.15, 0.2) is 0 Å². The number of thioether (sulfide) groups is 4. The Morgan fingerprint density at radius 2 is 0.933 bits per heavy atom. The fraction of sp³-hybridized carbons (Fsp3) is 1.00. The highest BCUT2D eigenvalue weighted by atomic mass is 32.2. The molecule has 0 aromatic carbocycles. The first-order valence-electron chi connectivity index (χ1n) is 17.9. The van der Waals surface area contributed by atoms with Crippen LogP contribution in [0.3, 0.4) is 0 Å². The van der Waals surface area contributed by atoms with Crippen molar-refractivity contribution in [1.82, 2.24) is 0 Å². The summed E-state index contributed by atoms with van der Waals surface area (Å²) < 4.78 is 39.6. The van der Waals surface area contributed by atoms with E-state index >= 15 is 0 Å². The van der Waals surface area contributed by atoms with E-state index in [9.17, 15) is 0 Å². The Kier molecular flexibility index (Phi) is 29.5. The summed E-state index contributed by atoms with van der Waals surface area (Å²) in [6, 6.07) is 0. The largest absolute Gasteiger partial charge is 0.379 e. The van der Waals surface area contributed by atoms with Crippen LogP contribution in [0, 0.1) is 5.41 Å². The Balaban J connectivity index is 3.10. The van der Waals surface area contributed by atoms with E-state index in [1.807, 2.05) is 47.0 Å². The molecular weight excluding hydrogens is 645 g/mol. The lowest BCUT2D eigenvalue weighted by Gasteiger charge is -2.46. The molecular formula is C35H70O6S4. The summed E-state index contributed by atoms with van der Waals surface area (Å²) in [5, 5.41) is 0. The lowest BCUT2D eigenvalue weighted by Crippen LogP contribution is -2.62. The van der Waals surface area contributed by atoms with Gasteiger partial charge in [0.25, 0.3) is 0 Å². The molecule has 270 valence electrons. The van der Waals surface area contributed by atoms with Crippen LogP contribution in [-0.4, -0.2) is 116 Å². The van der Waals surface area contributed by atoms with E-state index in [0.29, 0.717) is 33.0 Å². The first-order valence-corrected chi connectivity index (χ1v) is 22.5. The van der Waals surface area contributed by atoms with Crippen molar-refractivity contribution in [3.05, 3.63) is 0 Å². The van der Waals surface area contributed by atoms with E-state index in [0.717, 1.165) is 55.3 Å². The highest BCUT2D eigenvalue weighted by Gasteiger charge is 2.49. The van der Waals surface area contributed by atoms with Gasteiger partial charge in [-0.2, -0.15) is 47.0 Å². The summed E-state index contributed by atoms with van der Waals surface area (Å²) in [5.41, 5.74) is 0.00319. The summed E-state index contributed by atoms with van der Waals surface area (Å²) in [6.07, 6.45) is 7.17. The molecule has 0 spiro atoms. The van der Waals surface area contributed by atoms with Gasteiger partial charge in [0.05, 0.1) is 13.2 Å². The second-order valence-corrected chi connectivity index (χ2v) is 17.8. The van der Waals surface area contributed by atoms with Crippen LogP contribution in [0.4, 0.5) is 0 Å². The van der Waals surface area contributed by atoms with Gasteiger partial charge in [0.15, 0.2) is 6.29 Å². The van der Waals surface area contributed by atoms with Crippen molar-refractivity contribution < 1.29 is 28.4 Å². The van der Waals surface area contributed by atoms with E-state index in [-0.39, 0.29) is 29.8 Å². The highest BCUT2D eigenvalue weighted by molar-refractivity contribution is 7.99. The fourth-order valence-corrected chi connectivity index (χ4v) is 7.89. The maximum Gasteiger partial charge on any atom is 0.186 e. The van der Waals surface area contributed by atoms with E-state index in [2.05, 4.69) is 48.5 Å². The molecule has 10 heteroatoms. The van der Waals surface area contributed by atoms with E-state index in [4.69, 9.17) is 28.4 Å². The first kappa shape index (κ1) is 44.2. The molecule has 2 unspecified atom stereocenters. The Bertz CT molecular complexity index is 642. The van der Waals surface area contributed by atoms with Crippen LogP contribution in [-0.2, 0) is 28.4 Å². The van der Waals surface area contributed by atoms with Crippen LogP contribution < -0.4 is 0 Å². The van der Waals surface area contributed by atoms with Crippen molar-refractivity contribution in [2.75, 3.05) is 85.7 Å². The average molecular weight is 715 g/mol. The van der Waals surface area contributed by atoms with Gasteiger partial charge in [-0.25, -0.2) is 0 Å². The van der Waals surface area contributed by atoms with Gasteiger partial charge in [-0.05, 0) is 103 Å². The minimum absolute atomic E-state index is 0.00319. The molecule has 0 aromatic heterocycles. The van der Waals surface area contributed by atoms with Gasteiger partial charge >= 0.3 is 0 Å². The molecule has 0 aromatic rings. The average Bonchev–Trinajstić information content (AvgIpc) is 3.01. The number of hydrogen-bond donors (Lipinski definition) is 0. The zero-order chi connectivity index (χ0) is 33.0. The minimum Gasteiger partial charge on any atom is -0.379 e. The van der Waals surface area contributed by atoms with Crippen molar-refractivity contribution in [3.63, 3.8) is 0 Å². The summed E-state index contributed by atoms with van der Waals surface area (Å²) in [6.45, 7) is 19.3. The Morgan fingerprint density at radius 1 is 0.511 bits per heavy atom. The van der Waals surface area contributed by atoms with Crippen LogP contribution in [0.5, 0.6) is 0 Å². The summed E-state index contributed by atoms with van der Waals surface area (Å²) >= 11 is 8.00. The topological polar surface area (TPSA) is 55.4 Å². The monoisotopic (exact) mass is 714 g/mol. The fourth-order valence-electron chi connectivity index (χ4n) is 4.64. The van der Waals surface area contributed by atoms with Crippen molar-refractivity contribution in [2.45, 2.75) is 131 Å². The standard InChI is InChI=1S/C35H70O6S4/c1-8-20-42-24-12-16-36-28-30-31(37-17-13-25-43-21-9-2)32(38-18-14-26-44-22-10-3)33(39-19-15-27-45-23-11-4)34(41-30)40-29-35(5,6)7/h30-34H,8-29H2,1-7H3/t30?,31-,32+,33?,34-/m1/s1. The minimum atomic E-state index is -0.527. The van der Waals surface area contributed by atoms with Crippen LogP contribution >= 0.6 is 47.0 Å². The molecule has 1 aliphatic rings. The molecule has 0 bridgehead atoms. The van der Waals surface area contributed by atoms with Crippen molar-refractivity contribution >= 4 is 47.0 Å². The lowest BCUT2D eigenvalue weighted by molar-refractivity contribution is -0.326. The molecule has 45 heavy (non-hydrogen) atoms. The molecule has 0 N–H and O–H groups in total. The van der Waals surface area contributed by atoms with Crippen LogP contribution in [0.1, 0.15) is 99.8 Å². The third-order valence-electron chi connectivity index (χ3n) is 6.76. The van der Waals surface area contributed by atoms with Gasteiger partial charge in [-0.15, -0.1) is 0 Å². The molecule has 6 nitrogen and oxygen atoms in total. The summed E-state index contributed by atoms with van der Waals surface area (Å²) in [7, 11) is 0. The molecule has 0 aliphatic carbocycles. The zero-order valence-electron chi connectivity index (χ0n) is 30.0. The molecule has 1 heterocycles. The van der Waals surface area contributed by atoms with Crippen molar-refractivity contribution in [1.29, 1.82) is 0 Å². The predicted molar refractivity (Wildman–Crippen MR) is 203 cm³/mol. The van der Waals surface area contributed by atoms with E-state index in [1.54, 1.807) is 0 Å². The maximum atomic E-state index is 6.75. The number of hydrogen-bond acceptors (Lipinski definition) is 10. The van der Waals surface area contributed by atoms with Crippen molar-refractivity contribution in [2.24, 2.45) is 5.41 Å². The second-order valence-electron chi connectivity index (χ2n) is 12.9. The number of ether oxygens (including phenoxy) is 6. The number of rotatable bonds is 31. The second kappa shape index (κ2) is 30.0. The molecule has 5 atom stereocenters. The lowest BCUT2D eigenvalue weighted by atomic mass is 9.96. The molecule has 1 saturated heterocycles. The third kappa shape index (κ3) is 23.2. The van der Waals surface area contributed by atoms with E-state index in [1.165, 1.54) is 48.7 Å². The van der Waals surface area contributed by atoms with Gasteiger partial charge in [-0.3, -0.25) is 0 Å². The van der Waals surface area contributed by atoms with Crippen molar-refractivity contribution in [3.8, 4) is 0 Å². The van der Waals surface area contributed by atoms with Crippen LogP contribution in [0.2, 0.25) is 0 Å². The summed E-state index contributed by atoms with van der Waals surface area (Å²) in [5.74, 6) is 9.21. The first-order chi connectivity index (χ1) is 21.9. The SMILES string of the molecule is CCCSCCCOCC1O[C@@H](OCC(C)(C)C)C(OCCCSCCC)[C@@H](OCCCSCCC)[C@@H]1OCCCSCCC. The molecule has 0 saturated carbocycles.